The summed E-state index contributed by atoms with van der Waals surface area (Å²) in [6.07, 6.45) is 1.93. The summed E-state index contributed by atoms with van der Waals surface area (Å²) in [5.41, 5.74) is 6.62. The van der Waals surface area contributed by atoms with Gasteiger partial charge in [-0.15, -0.1) is 10.2 Å². The number of amides is 1. The third-order valence-electron chi connectivity index (χ3n) is 2.54. The predicted molar refractivity (Wildman–Crippen MR) is 73.2 cm³/mol. The van der Waals surface area contributed by atoms with Gasteiger partial charge in [0.15, 0.2) is 4.34 Å². The highest BCUT2D eigenvalue weighted by Gasteiger charge is 2.19. The Balaban J connectivity index is 2.28. The van der Waals surface area contributed by atoms with E-state index in [0.717, 1.165) is 9.90 Å². The van der Waals surface area contributed by atoms with E-state index in [9.17, 15) is 4.79 Å². The van der Waals surface area contributed by atoms with Crippen LogP contribution in [0.5, 0.6) is 0 Å². The first-order valence-electron chi connectivity index (χ1n) is 5.26. The highest BCUT2D eigenvalue weighted by atomic mass is 32.2. The second-order valence-corrected chi connectivity index (χ2v) is 5.68. The van der Waals surface area contributed by atoms with Crippen LogP contribution in [0.4, 0.5) is 0 Å². The quantitative estimate of drug-likeness (QED) is 0.743. The molecule has 2 heterocycles. The predicted octanol–water partition coefficient (Wildman–Crippen LogP) is 2.17. The van der Waals surface area contributed by atoms with Gasteiger partial charge in [-0.2, -0.15) is 0 Å². The SMILES string of the molecule is CSc1nnc(-c2cccc3noc(C(N)=O)c23)s1. The standard InChI is InChI=1S/C11H8N4O2S2/c1-18-11-14-13-10(19-11)5-3-2-4-6-7(5)8(9(12)16)17-15-6/h2-4H,1H3,(H2,12,16). The van der Waals surface area contributed by atoms with Crippen molar-refractivity contribution in [2.24, 2.45) is 5.73 Å². The van der Waals surface area contributed by atoms with Crippen LogP contribution in [0.1, 0.15) is 10.6 Å². The summed E-state index contributed by atoms with van der Waals surface area (Å²) >= 11 is 2.96. The lowest BCUT2D eigenvalue weighted by atomic mass is 10.1. The number of carbonyl (C=O) groups is 1. The van der Waals surface area contributed by atoms with Gasteiger partial charge in [0, 0.05) is 5.56 Å². The number of primary amides is 1. The first-order chi connectivity index (χ1) is 9.20. The minimum Gasteiger partial charge on any atom is -0.363 e. The lowest BCUT2D eigenvalue weighted by Crippen LogP contribution is -2.10. The van der Waals surface area contributed by atoms with Gasteiger partial charge in [-0.1, -0.05) is 40.4 Å². The first-order valence-corrected chi connectivity index (χ1v) is 7.31. The summed E-state index contributed by atoms with van der Waals surface area (Å²) in [4.78, 5) is 11.4. The third-order valence-corrected chi connectivity index (χ3v) is 4.47. The lowest BCUT2D eigenvalue weighted by Gasteiger charge is -1.97. The van der Waals surface area contributed by atoms with Gasteiger partial charge >= 0.3 is 0 Å². The molecule has 0 fully saturated rings. The Labute approximate surface area is 116 Å². The molecule has 0 radical (unpaired) electrons. The van der Waals surface area contributed by atoms with E-state index >= 15 is 0 Å². The topological polar surface area (TPSA) is 94.9 Å². The molecule has 3 aromatic rings. The van der Waals surface area contributed by atoms with Crippen molar-refractivity contribution >= 4 is 39.9 Å². The number of nitrogens with zero attached hydrogens (tertiary/aromatic N) is 3. The molecule has 2 aromatic heterocycles. The van der Waals surface area contributed by atoms with Crippen LogP contribution in [0.2, 0.25) is 0 Å². The monoisotopic (exact) mass is 292 g/mol. The summed E-state index contributed by atoms with van der Waals surface area (Å²) in [7, 11) is 0. The number of aromatic nitrogens is 3. The molecule has 0 saturated heterocycles. The number of fused-ring (bicyclic) bond motifs is 1. The summed E-state index contributed by atoms with van der Waals surface area (Å²) in [6, 6.07) is 5.42. The van der Waals surface area contributed by atoms with Crippen LogP contribution in [0.3, 0.4) is 0 Å². The van der Waals surface area contributed by atoms with Crippen molar-refractivity contribution in [3.05, 3.63) is 24.0 Å². The molecule has 0 atom stereocenters. The number of rotatable bonds is 3. The fourth-order valence-electron chi connectivity index (χ4n) is 1.74. The van der Waals surface area contributed by atoms with Crippen molar-refractivity contribution in [1.29, 1.82) is 0 Å². The molecular weight excluding hydrogens is 284 g/mol. The van der Waals surface area contributed by atoms with E-state index in [1.165, 1.54) is 23.1 Å². The van der Waals surface area contributed by atoms with Crippen molar-refractivity contribution in [3.63, 3.8) is 0 Å². The maximum atomic E-state index is 11.4. The maximum absolute atomic E-state index is 11.4. The number of carbonyl (C=O) groups excluding carboxylic acids is 1. The number of nitrogens with two attached hydrogens (primary N) is 1. The highest BCUT2D eigenvalue weighted by Crippen LogP contribution is 2.34. The smallest absolute Gasteiger partial charge is 0.288 e. The van der Waals surface area contributed by atoms with Crippen LogP contribution < -0.4 is 5.73 Å². The van der Waals surface area contributed by atoms with Gasteiger partial charge in [0.05, 0.1) is 5.39 Å². The molecule has 0 aliphatic heterocycles. The highest BCUT2D eigenvalue weighted by molar-refractivity contribution is 8.00. The molecule has 3 rings (SSSR count). The Kier molecular flexibility index (Phi) is 2.96. The van der Waals surface area contributed by atoms with Gasteiger partial charge in [-0.05, 0) is 12.3 Å². The van der Waals surface area contributed by atoms with Crippen LogP contribution in [0.15, 0.2) is 27.1 Å². The molecule has 8 heteroatoms. The minimum atomic E-state index is -0.649. The van der Waals surface area contributed by atoms with Crippen LogP contribution >= 0.6 is 23.1 Å². The average molecular weight is 292 g/mol. The fraction of sp³-hybridized carbons (Fsp3) is 0.0909. The van der Waals surface area contributed by atoms with Crippen LogP contribution in [-0.2, 0) is 0 Å². The second-order valence-electron chi connectivity index (χ2n) is 3.65. The van der Waals surface area contributed by atoms with E-state index in [-0.39, 0.29) is 5.76 Å². The molecule has 1 amide bonds. The van der Waals surface area contributed by atoms with E-state index in [2.05, 4.69) is 15.4 Å². The summed E-state index contributed by atoms with van der Waals surface area (Å²) < 4.78 is 5.85. The lowest BCUT2D eigenvalue weighted by molar-refractivity contribution is 0.0967. The number of hydrogen-bond acceptors (Lipinski definition) is 7. The zero-order valence-corrected chi connectivity index (χ0v) is 11.4. The molecular formula is C11H8N4O2S2. The molecule has 96 valence electrons. The largest absolute Gasteiger partial charge is 0.363 e. The summed E-state index contributed by atoms with van der Waals surface area (Å²) in [5, 5.41) is 13.3. The molecule has 2 N–H and O–H groups in total. The Morgan fingerprint density at radius 2 is 2.26 bits per heavy atom. The van der Waals surface area contributed by atoms with Gasteiger partial charge in [0.1, 0.15) is 10.5 Å². The van der Waals surface area contributed by atoms with E-state index in [1.54, 1.807) is 6.07 Å². The van der Waals surface area contributed by atoms with Crippen LogP contribution in [0, 0.1) is 0 Å². The molecule has 1 aromatic carbocycles. The zero-order chi connectivity index (χ0) is 13.4. The Morgan fingerprint density at radius 1 is 1.42 bits per heavy atom. The Bertz CT molecular complexity index is 765. The molecule has 0 spiro atoms. The van der Waals surface area contributed by atoms with Gasteiger partial charge in [0.2, 0.25) is 5.76 Å². The van der Waals surface area contributed by atoms with Gasteiger partial charge in [0.25, 0.3) is 5.91 Å². The van der Waals surface area contributed by atoms with Crippen molar-refractivity contribution in [1.82, 2.24) is 15.4 Å². The number of thioether (sulfide) groups is 1. The zero-order valence-electron chi connectivity index (χ0n) is 9.78. The molecule has 6 nitrogen and oxygen atoms in total. The third kappa shape index (κ3) is 1.98. The molecule has 0 unspecified atom stereocenters. The molecule has 0 aliphatic carbocycles. The van der Waals surface area contributed by atoms with Crippen LogP contribution in [0.25, 0.3) is 21.5 Å². The van der Waals surface area contributed by atoms with Crippen molar-refractivity contribution in [3.8, 4) is 10.6 Å². The van der Waals surface area contributed by atoms with Gasteiger partial charge < -0.3 is 10.3 Å². The van der Waals surface area contributed by atoms with E-state index in [1.807, 2.05) is 18.4 Å². The first kappa shape index (κ1) is 12.1. The average Bonchev–Trinajstić information content (AvgIpc) is 3.04. The number of benzene rings is 1. The van der Waals surface area contributed by atoms with Crippen molar-refractivity contribution in [2.45, 2.75) is 4.34 Å². The van der Waals surface area contributed by atoms with E-state index in [4.69, 9.17) is 10.3 Å². The van der Waals surface area contributed by atoms with Gasteiger partial charge in [-0.25, -0.2) is 0 Å². The molecule has 0 bridgehead atoms. The van der Waals surface area contributed by atoms with Crippen molar-refractivity contribution < 1.29 is 9.32 Å². The maximum Gasteiger partial charge on any atom is 0.288 e. The van der Waals surface area contributed by atoms with Crippen molar-refractivity contribution in [2.75, 3.05) is 6.26 Å². The van der Waals surface area contributed by atoms with E-state index < -0.39 is 5.91 Å². The Morgan fingerprint density at radius 3 is 2.95 bits per heavy atom. The normalized spacial score (nSPS) is 11.0. The number of hydrogen-bond donors (Lipinski definition) is 1. The van der Waals surface area contributed by atoms with E-state index in [0.29, 0.717) is 15.9 Å². The molecule has 0 aliphatic rings. The minimum absolute atomic E-state index is 0.0477. The molecule has 0 saturated carbocycles. The fourth-order valence-corrected chi connectivity index (χ4v) is 3.04. The van der Waals surface area contributed by atoms with Crippen LogP contribution in [-0.4, -0.2) is 27.5 Å². The Hall–Kier alpha value is -1.93. The second kappa shape index (κ2) is 4.63. The van der Waals surface area contributed by atoms with Gasteiger partial charge in [-0.3, -0.25) is 4.79 Å². The summed E-state index contributed by atoms with van der Waals surface area (Å²) in [5.74, 6) is -0.601. The summed E-state index contributed by atoms with van der Waals surface area (Å²) in [6.45, 7) is 0. The molecule has 19 heavy (non-hydrogen) atoms.